The summed E-state index contributed by atoms with van der Waals surface area (Å²) in [5.74, 6) is 0.0222. The van der Waals surface area contributed by atoms with Gasteiger partial charge in [0.2, 0.25) is 5.91 Å². The van der Waals surface area contributed by atoms with Gasteiger partial charge in [-0.2, -0.15) is 13.2 Å². The third kappa shape index (κ3) is 8.98. The van der Waals surface area contributed by atoms with Crippen molar-refractivity contribution in [1.82, 2.24) is 20.4 Å². The van der Waals surface area contributed by atoms with E-state index in [1.165, 1.54) is 0 Å². The number of piperidine rings is 1. The van der Waals surface area contributed by atoms with Crippen LogP contribution in [0.2, 0.25) is 5.02 Å². The van der Waals surface area contributed by atoms with Gasteiger partial charge in [0.15, 0.2) is 0 Å². The van der Waals surface area contributed by atoms with Crippen molar-refractivity contribution in [2.24, 2.45) is 5.73 Å². The quantitative estimate of drug-likeness (QED) is 0.400. The normalized spacial score (nSPS) is 24.0. The van der Waals surface area contributed by atoms with Gasteiger partial charge in [-0.3, -0.25) is 4.79 Å². The van der Waals surface area contributed by atoms with Gasteiger partial charge in [0.25, 0.3) is 0 Å². The summed E-state index contributed by atoms with van der Waals surface area (Å²) in [4.78, 5) is 30.3. The zero-order chi connectivity index (χ0) is 28.7. The zero-order valence-corrected chi connectivity index (χ0v) is 23.9. The first kappa shape index (κ1) is 30.9. The molecular formula is C29H43ClF3N5O2. The summed E-state index contributed by atoms with van der Waals surface area (Å²) in [5.41, 5.74) is 7.11. The number of amides is 3. The van der Waals surface area contributed by atoms with Crippen LogP contribution in [0.15, 0.2) is 24.3 Å². The van der Waals surface area contributed by atoms with Crippen LogP contribution in [-0.4, -0.2) is 77.8 Å². The fourth-order valence-corrected chi connectivity index (χ4v) is 6.61. The van der Waals surface area contributed by atoms with Crippen molar-refractivity contribution in [2.75, 3.05) is 19.6 Å². The minimum absolute atomic E-state index is 0.0222. The lowest BCUT2D eigenvalue weighted by molar-refractivity contribution is -0.135. The van der Waals surface area contributed by atoms with Crippen LogP contribution in [0.4, 0.5) is 18.0 Å². The number of nitrogens with zero attached hydrogens (tertiary/aromatic N) is 2. The topological polar surface area (TPSA) is 90.7 Å². The molecule has 11 heteroatoms. The predicted octanol–water partition coefficient (Wildman–Crippen LogP) is 5.01. The Labute approximate surface area is 240 Å². The molecule has 0 unspecified atom stereocenters. The Morgan fingerprint density at radius 3 is 2.15 bits per heavy atom. The van der Waals surface area contributed by atoms with Crippen LogP contribution in [0, 0.1) is 0 Å². The Morgan fingerprint density at radius 1 is 0.950 bits per heavy atom. The number of carbonyl (C=O) groups excluding carboxylic acids is 2. The number of likely N-dealkylation sites (tertiary alicyclic amines) is 1. The number of nitrogens with one attached hydrogen (secondary N) is 2. The molecule has 7 nitrogen and oxygen atoms in total. The van der Waals surface area contributed by atoms with Crippen LogP contribution < -0.4 is 16.4 Å². The second-order valence-electron chi connectivity index (χ2n) is 11.7. The number of carbonyl (C=O) groups is 2. The molecule has 0 aromatic heterocycles. The van der Waals surface area contributed by atoms with E-state index in [-0.39, 0.29) is 30.1 Å². The van der Waals surface area contributed by atoms with Gasteiger partial charge in [-0.1, -0.05) is 43.0 Å². The van der Waals surface area contributed by atoms with Crippen molar-refractivity contribution in [2.45, 2.75) is 113 Å². The van der Waals surface area contributed by atoms with Gasteiger partial charge in [0.1, 0.15) is 6.54 Å². The first-order chi connectivity index (χ1) is 19.1. The molecular weight excluding hydrogens is 543 g/mol. The van der Waals surface area contributed by atoms with E-state index < -0.39 is 24.8 Å². The van der Waals surface area contributed by atoms with Crippen molar-refractivity contribution < 1.29 is 22.8 Å². The molecule has 4 N–H and O–H groups in total. The smallest absolute Gasteiger partial charge is 0.341 e. The molecule has 3 fully saturated rings. The van der Waals surface area contributed by atoms with Crippen molar-refractivity contribution in [3.8, 4) is 0 Å². The number of hydrogen-bond acceptors (Lipinski definition) is 4. The summed E-state index contributed by atoms with van der Waals surface area (Å²) in [6.07, 6.45) is 5.51. The Kier molecular flexibility index (Phi) is 11.0. The monoisotopic (exact) mass is 585 g/mol. The first-order valence-corrected chi connectivity index (χ1v) is 15.1. The third-order valence-corrected chi connectivity index (χ3v) is 8.92. The number of nitrogens with two attached hydrogens (primary N) is 1. The van der Waals surface area contributed by atoms with E-state index in [0.29, 0.717) is 37.4 Å². The molecule has 1 aliphatic heterocycles. The minimum Gasteiger partial charge on any atom is -0.341 e. The predicted molar refractivity (Wildman–Crippen MR) is 150 cm³/mol. The lowest BCUT2D eigenvalue weighted by atomic mass is 9.90. The summed E-state index contributed by atoms with van der Waals surface area (Å²) < 4.78 is 38.5. The van der Waals surface area contributed by atoms with Crippen molar-refractivity contribution in [3.63, 3.8) is 0 Å². The van der Waals surface area contributed by atoms with Crippen molar-refractivity contribution in [1.29, 1.82) is 0 Å². The zero-order valence-electron chi connectivity index (χ0n) is 23.1. The molecule has 1 atom stereocenters. The maximum atomic E-state index is 13.8. The number of benzene rings is 1. The molecule has 0 radical (unpaired) electrons. The average Bonchev–Trinajstić information content (AvgIpc) is 2.94. The van der Waals surface area contributed by atoms with Crippen LogP contribution in [0.1, 0.15) is 76.2 Å². The number of urea groups is 1. The fraction of sp³-hybridized carbons (Fsp3) is 0.724. The molecule has 2 saturated carbocycles. The van der Waals surface area contributed by atoms with Crippen LogP contribution >= 0.6 is 11.6 Å². The van der Waals surface area contributed by atoms with Crippen molar-refractivity contribution in [3.05, 3.63) is 34.9 Å². The van der Waals surface area contributed by atoms with E-state index in [2.05, 4.69) is 10.6 Å². The van der Waals surface area contributed by atoms with E-state index in [1.54, 1.807) is 4.90 Å². The van der Waals surface area contributed by atoms with E-state index in [4.69, 9.17) is 17.3 Å². The van der Waals surface area contributed by atoms with Gasteiger partial charge < -0.3 is 26.2 Å². The van der Waals surface area contributed by atoms with Gasteiger partial charge in [0.05, 0.1) is 6.04 Å². The Morgan fingerprint density at radius 2 is 1.55 bits per heavy atom. The van der Waals surface area contributed by atoms with Crippen LogP contribution in [0.25, 0.3) is 0 Å². The fourth-order valence-electron chi connectivity index (χ4n) is 6.49. The summed E-state index contributed by atoms with van der Waals surface area (Å²) in [5, 5.41) is 6.36. The molecule has 0 spiro atoms. The molecule has 4 rings (SSSR count). The summed E-state index contributed by atoms with van der Waals surface area (Å²) in [6, 6.07) is 6.66. The Balaban J connectivity index is 1.41. The molecule has 3 amide bonds. The molecule has 1 saturated heterocycles. The van der Waals surface area contributed by atoms with E-state index in [9.17, 15) is 22.8 Å². The number of hydrogen-bond donors (Lipinski definition) is 3. The average molecular weight is 586 g/mol. The van der Waals surface area contributed by atoms with Crippen LogP contribution in [0.5, 0.6) is 0 Å². The number of alkyl halides is 3. The standard InChI is InChI=1S/C29H43ClF3N5O2/c30-21-8-6-20(7-9-21)18-26(36-23-12-10-22(34)11-13-23)27(39)37-16-14-25(15-17-37)38(24-4-2-1-3-5-24)28(40)35-19-29(31,32)33/h6-9,22-26,36H,1-5,10-19,34H2,(H,35,40)/t22-,23+,26-/m1/s1. The lowest BCUT2D eigenvalue weighted by Crippen LogP contribution is -2.58. The van der Waals surface area contributed by atoms with Gasteiger partial charge in [-0.25, -0.2) is 4.79 Å². The van der Waals surface area contributed by atoms with E-state index in [0.717, 1.165) is 63.4 Å². The maximum absolute atomic E-state index is 13.8. The summed E-state index contributed by atoms with van der Waals surface area (Å²) in [6.45, 7) is -0.405. The molecule has 40 heavy (non-hydrogen) atoms. The minimum atomic E-state index is -4.46. The second-order valence-corrected chi connectivity index (χ2v) is 12.1. The van der Waals surface area contributed by atoms with Gasteiger partial charge in [0, 0.05) is 42.3 Å². The van der Waals surface area contributed by atoms with E-state index in [1.807, 2.05) is 29.2 Å². The van der Waals surface area contributed by atoms with Gasteiger partial charge in [-0.05, 0) is 75.5 Å². The summed E-state index contributed by atoms with van der Waals surface area (Å²) in [7, 11) is 0. The highest BCUT2D eigenvalue weighted by atomic mass is 35.5. The molecule has 1 aromatic rings. The van der Waals surface area contributed by atoms with Crippen LogP contribution in [-0.2, 0) is 11.2 Å². The number of halogens is 4. The maximum Gasteiger partial charge on any atom is 0.405 e. The highest BCUT2D eigenvalue weighted by Gasteiger charge is 2.38. The second kappa shape index (κ2) is 14.2. The van der Waals surface area contributed by atoms with Crippen LogP contribution in [0.3, 0.4) is 0 Å². The molecule has 3 aliphatic rings. The van der Waals surface area contributed by atoms with Gasteiger partial charge in [-0.15, -0.1) is 0 Å². The lowest BCUT2D eigenvalue weighted by Gasteiger charge is -2.44. The SMILES string of the molecule is N[C@H]1CC[C@@H](N[C@H](Cc2ccc(Cl)cc2)C(=O)N2CCC(N(C(=O)NCC(F)(F)F)C3CCCCC3)CC2)CC1. The van der Waals surface area contributed by atoms with Crippen molar-refractivity contribution >= 4 is 23.5 Å². The van der Waals surface area contributed by atoms with Gasteiger partial charge >= 0.3 is 12.2 Å². The molecule has 1 heterocycles. The number of rotatable bonds is 8. The Bertz CT molecular complexity index is 957. The molecule has 1 aromatic carbocycles. The third-order valence-electron chi connectivity index (χ3n) is 8.67. The Hall–Kier alpha value is -2.04. The molecule has 224 valence electrons. The highest BCUT2D eigenvalue weighted by Crippen LogP contribution is 2.29. The summed E-state index contributed by atoms with van der Waals surface area (Å²) >= 11 is 6.07. The first-order valence-electron chi connectivity index (χ1n) is 14.8. The highest BCUT2D eigenvalue weighted by molar-refractivity contribution is 6.30. The molecule has 2 aliphatic carbocycles. The van der Waals surface area contributed by atoms with E-state index >= 15 is 0 Å². The largest absolute Gasteiger partial charge is 0.405 e. The molecule has 0 bridgehead atoms.